The fraction of sp³-hybridized carbons (Fsp3) is 0.588. The highest BCUT2D eigenvalue weighted by Gasteiger charge is 2.38. The van der Waals surface area contributed by atoms with Crippen molar-refractivity contribution in [2.24, 2.45) is 10.8 Å². The van der Waals surface area contributed by atoms with Crippen molar-refractivity contribution in [2.75, 3.05) is 5.73 Å². The van der Waals surface area contributed by atoms with Crippen LogP contribution in [0.3, 0.4) is 0 Å². The van der Waals surface area contributed by atoms with E-state index < -0.39 is 0 Å². The molecule has 3 N–H and O–H groups in total. The molecule has 3 nitrogen and oxygen atoms in total. The largest absolute Gasteiger partial charge is 0.399 e. The molecule has 0 unspecified atom stereocenters. The van der Waals surface area contributed by atoms with Gasteiger partial charge in [0.25, 0.3) is 5.91 Å². The second-order valence-corrected chi connectivity index (χ2v) is 7.71. The molecule has 3 heteroatoms. The van der Waals surface area contributed by atoms with E-state index in [0.29, 0.717) is 11.3 Å². The van der Waals surface area contributed by atoms with Crippen LogP contribution in [0.1, 0.15) is 57.3 Å². The molecule has 2 rings (SSSR count). The number of nitrogens with two attached hydrogens (primary N) is 1. The number of carbonyl (C=O) groups excluding carboxylic acids is 1. The lowest BCUT2D eigenvalue weighted by Crippen LogP contribution is -2.46. The van der Waals surface area contributed by atoms with Crippen LogP contribution < -0.4 is 11.1 Å². The van der Waals surface area contributed by atoms with Gasteiger partial charge in [-0.15, -0.1) is 0 Å². The fourth-order valence-corrected chi connectivity index (χ4v) is 3.90. The number of carbonyl (C=O) groups is 1. The number of hydrogen-bond donors (Lipinski definition) is 2. The smallest absolute Gasteiger partial charge is 0.251 e. The van der Waals surface area contributed by atoms with Gasteiger partial charge in [0.05, 0.1) is 0 Å². The van der Waals surface area contributed by atoms with Gasteiger partial charge in [0.1, 0.15) is 0 Å². The summed E-state index contributed by atoms with van der Waals surface area (Å²) in [6, 6.07) is 7.39. The number of rotatable bonds is 2. The second kappa shape index (κ2) is 5.12. The Kier molecular flexibility index (Phi) is 3.81. The Morgan fingerprint density at radius 2 is 1.80 bits per heavy atom. The molecule has 1 aromatic rings. The third-order valence-electron chi connectivity index (χ3n) is 4.04. The standard InChI is InChI=1S/C17H26N2O/c1-16(2)9-14(10-17(3,4)11-16)19-15(20)12-6-5-7-13(18)8-12/h5-8,14H,9-11,18H2,1-4H3,(H,19,20). The van der Waals surface area contributed by atoms with E-state index in [1.165, 1.54) is 6.42 Å². The molecule has 0 radical (unpaired) electrons. The maximum Gasteiger partial charge on any atom is 0.251 e. The first-order valence-electron chi connectivity index (χ1n) is 7.33. The Labute approximate surface area is 121 Å². The van der Waals surface area contributed by atoms with Crippen LogP contribution in [0.4, 0.5) is 5.69 Å². The first-order valence-corrected chi connectivity index (χ1v) is 7.33. The monoisotopic (exact) mass is 274 g/mol. The van der Waals surface area contributed by atoms with E-state index in [2.05, 4.69) is 33.0 Å². The highest BCUT2D eigenvalue weighted by molar-refractivity contribution is 5.95. The third kappa shape index (κ3) is 3.75. The van der Waals surface area contributed by atoms with Crippen molar-refractivity contribution >= 4 is 11.6 Å². The van der Waals surface area contributed by atoms with E-state index in [1.54, 1.807) is 12.1 Å². The molecule has 0 spiro atoms. The number of nitrogen functional groups attached to an aromatic ring is 1. The van der Waals surface area contributed by atoms with E-state index in [4.69, 9.17) is 5.73 Å². The predicted molar refractivity (Wildman–Crippen MR) is 83.5 cm³/mol. The van der Waals surface area contributed by atoms with Gasteiger partial charge in [-0.1, -0.05) is 33.8 Å². The summed E-state index contributed by atoms with van der Waals surface area (Å²) < 4.78 is 0. The summed E-state index contributed by atoms with van der Waals surface area (Å²) in [6.45, 7) is 9.14. The lowest BCUT2D eigenvalue weighted by Gasteiger charge is -2.45. The third-order valence-corrected chi connectivity index (χ3v) is 4.04. The minimum atomic E-state index is -0.0178. The van der Waals surface area contributed by atoms with Gasteiger partial charge in [-0.05, 0) is 48.3 Å². The lowest BCUT2D eigenvalue weighted by molar-refractivity contribution is 0.0713. The Morgan fingerprint density at radius 3 is 2.35 bits per heavy atom. The summed E-state index contributed by atoms with van der Waals surface area (Å²) in [4.78, 5) is 12.3. The van der Waals surface area contributed by atoms with Crippen molar-refractivity contribution in [3.05, 3.63) is 29.8 Å². The van der Waals surface area contributed by atoms with E-state index >= 15 is 0 Å². The van der Waals surface area contributed by atoms with Crippen LogP contribution >= 0.6 is 0 Å². The first-order chi connectivity index (χ1) is 9.17. The predicted octanol–water partition coefficient (Wildman–Crippen LogP) is 3.60. The molecule has 1 aliphatic carbocycles. The molecule has 1 aliphatic rings. The summed E-state index contributed by atoms with van der Waals surface area (Å²) in [5.41, 5.74) is 7.55. The van der Waals surface area contributed by atoms with Crippen LogP contribution in [-0.4, -0.2) is 11.9 Å². The molecular weight excluding hydrogens is 248 g/mol. The number of nitrogens with one attached hydrogen (secondary N) is 1. The van der Waals surface area contributed by atoms with Gasteiger partial charge in [0, 0.05) is 17.3 Å². The summed E-state index contributed by atoms with van der Waals surface area (Å²) in [6.07, 6.45) is 3.26. The van der Waals surface area contributed by atoms with E-state index in [1.807, 2.05) is 12.1 Å². The van der Waals surface area contributed by atoms with Crippen molar-refractivity contribution < 1.29 is 4.79 Å². The normalized spacial score (nSPS) is 21.4. The quantitative estimate of drug-likeness (QED) is 0.810. The molecule has 0 saturated heterocycles. The minimum Gasteiger partial charge on any atom is -0.399 e. The molecule has 0 heterocycles. The van der Waals surface area contributed by atoms with Crippen LogP contribution in [0.25, 0.3) is 0 Å². The zero-order chi connectivity index (χ0) is 15.0. The zero-order valence-corrected chi connectivity index (χ0v) is 13.0. The van der Waals surface area contributed by atoms with E-state index in [9.17, 15) is 4.79 Å². The average Bonchev–Trinajstić information content (AvgIpc) is 2.24. The fourth-order valence-electron chi connectivity index (χ4n) is 3.90. The van der Waals surface area contributed by atoms with Crippen molar-refractivity contribution in [3.63, 3.8) is 0 Å². The van der Waals surface area contributed by atoms with Crippen molar-refractivity contribution in [2.45, 2.75) is 53.0 Å². The Balaban J connectivity index is 2.08. The van der Waals surface area contributed by atoms with Gasteiger partial charge in [0.2, 0.25) is 0 Å². The molecule has 0 atom stereocenters. The molecule has 110 valence electrons. The highest BCUT2D eigenvalue weighted by Crippen LogP contribution is 2.45. The van der Waals surface area contributed by atoms with Crippen molar-refractivity contribution in [1.82, 2.24) is 5.32 Å². The zero-order valence-electron chi connectivity index (χ0n) is 13.0. The van der Waals surface area contributed by atoms with Crippen LogP contribution in [-0.2, 0) is 0 Å². The number of anilines is 1. The Bertz CT molecular complexity index is 489. The summed E-state index contributed by atoms with van der Waals surface area (Å²) in [5.74, 6) is -0.0178. The van der Waals surface area contributed by atoms with Crippen LogP contribution in [0, 0.1) is 10.8 Å². The van der Waals surface area contributed by atoms with Crippen LogP contribution in [0.2, 0.25) is 0 Å². The van der Waals surface area contributed by atoms with Gasteiger partial charge in [0.15, 0.2) is 0 Å². The second-order valence-electron chi connectivity index (χ2n) is 7.71. The van der Waals surface area contributed by atoms with Gasteiger partial charge >= 0.3 is 0 Å². The molecule has 20 heavy (non-hydrogen) atoms. The molecule has 1 saturated carbocycles. The van der Waals surface area contributed by atoms with Gasteiger partial charge in [-0.2, -0.15) is 0 Å². The van der Waals surface area contributed by atoms with E-state index in [-0.39, 0.29) is 22.8 Å². The SMILES string of the molecule is CC1(C)CC(NC(=O)c2cccc(N)c2)CC(C)(C)C1. The van der Waals surface area contributed by atoms with Crippen LogP contribution in [0.5, 0.6) is 0 Å². The average molecular weight is 274 g/mol. The highest BCUT2D eigenvalue weighted by atomic mass is 16.1. The Hall–Kier alpha value is -1.51. The molecule has 0 aliphatic heterocycles. The molecule has 0 aromatic heterocycles. The number of benzene rings is 1. The topological polar surface area (TPSA) is 55.1 Å². The minimum absolute atomic E-state index is 0.0178. The summed E-state index contributed by atoms with van der Waals surface area (Å²) in [5, 5.41) is 3.18. The van der Waals surface area contributed by atoms with E-state index in [0.717, 1.165) is 12.8 Å². The van der Waals surface area contributed by atoms with Crippen LogP contribution in [0.15, 0.2) is 24.3 Å². The molecular formula is C17H26N2O. The molecule has 1 amide bonds. The van der Waals surface area contributed by atoms with Gasteiger partial charge in [-0.25, -0.2) is 0 Å². The van der Waals surface area contributed by atoms with Crippen molar-refractivity contribution in [1.29, 1.82) is 0 Å². The summed E-state index contributed by atoms with van der Waals surface area (Å²) >= 11 is 0. The molecule has 1 aromatic carbocycles. The maximum absolute atomic E-state index is 12.3. The van der Waals surface area contributed by atoms with Gasteiger partial charge in [-0.3, -0.25) is 4.79 Å². The molecule has 1 fully saturated rings. The number of amides is 1. The lowest BCUT2D eigenvalue weighted by atomic mass is 9.63. The molecule has 0 bridgehead atoms. The first kappa shape index (κ1) is 14.9. The summed E-state index contributed by atoms with van der Waals surface area (Å²) in [7, 11) is 0. The Morgan fingerprint density at radius 1 is 1.20 bits per heavy atom. The van der Waals surface area contributed by atoms with Crippen molar-refractivity contribution in [3.8, 4) is 0 Å². The van der Waals surface area contributed by atoms with Gasteiger partial charge < -0.3 is 11.1 Å². The maximum atomic E-state index is 12.3. The number of hydrogen-bond acceptors (Lipinski definition) is 2.